The Morgan fingerprint density at radius 3 is 3.08 bits per heavy atom. The first kappa shape index (κ1) is 8.51. The zero-order chi connectivity index (χ0) is 8.55. The van der Waals surface area contributed by atoms with Crippen LogP contribution in [0.4, 0.5) is 0 Å². The summed E-state index contributed by atoms with van der Waals surface area (Å²) < 4.78 is 1.35. The number of benzene rings is 1. The number of hydrogen-bond acceptors (Lipinski definition) is 1. The van der Waals surface area contributed by atoms with Crippen LogP contribution in [0, 0.1) is 3.57 Å². The highest BCUT2D eigenvalue weighted by Crippen LogP contribution is 2.19. The summed E-state index contributed by atoms with van der Waals surface area (Å²) in [5.74, 6) is 0. The van der Waals surface area contributed by atoms with Crippen LogP contribution >= 0.6 is 22.6 Å². The van der Waals surface area contributed by atoms with Crippen LogP contribution in [0.2, 0.25) is 0 Å². The van der Waals surface area contributed by atoms with E-state index in [0.29, 0.717) is 6.04 Å². The van der Waals surface area contributed by atoms with Crippen LogP contribution < -0.4 is 5.32 Å². The van der Waals surface area contributed by atoms with Gasteiger partial charge in [-0.2, -0.15) is 0 Å². The quantitative estimate of drug-likeness (QED) is 0.715. The summed E-state index contributed by atoms with van der Waals surface area (Å²) in [6.45, 7) is 3.27. The Kier molecular flexibility index (Phi) is 2.37. The van der Waals surface area contributed by atoms with Crippen molar-refractivity contribution in [2.75, 3.05) is 0 Å². The Morgan fingerprint density at radius 1 is 1.42 bits per heavy atom. The summed E-state index contributed by atoms with van der Waals surface area (Å²) in [7, 11) is 0. The van der Waals surface area contributed by atoms with E-state index in [-0.39, 0.29) is 0 Å². The summed E-state index contributed by atoms with van der Waals surface area (Å²) in [5, 5.41) is 3.46. The monoisotopic (exact) mass is 273 g/mol. The van der Waals surface area contributed by atoms with Crippen LogP contribution in [0.15, 0.2) is 18.2 Å². The van der Waals surface area contributed by atoms with Crippen LogP contribution in [-0.2, 0) is 13.0 Å². The smallest absolute Gasteiger partial charge is 0.0210 e. The number of hydrogen-bond donors (Lipinski definition) is 1. The summed E-state index contributed by atoms with van der Waals surface area (Å²) >= 11 is 2.37. The third-order valence-corrected chi connectivity index (χ3v) is 3.01. The van der Waals surface area contributed by atoms with E-state index in [0.717, 1.165) is 6.54 Å². The molecule has 64 valence electrons. The largest absolute Gasteiger partial charge is 0.310 e. The number of halogens is 1. The van der Waals surface area contributed by atoms with Crippen molar-refractivity contribution in [2.24, 2.45) is 0 Å². The van der Waals surface area contributed by atoms with Gasteiger partial charge in [-0.1, -0.05) is 6.07 Å². The summed E-state index contributed by atoms with van der Waals surface area (Å²) in [6.07, 6.45) is 1.17. The standard InChI is InChI=1S/C10H12IN/c1-7-4-9-5-10(11)3-2-8(9)6-12-7/h2-3,5,7,12H,4,6H2,1H3/t7-/m0/s1. The molecule has 0 saturated carbocycles. The molecule has 1 atom stereocenters. The van der Waals surface area contributed by atoms with Crippen molar-refractivity contribution in [3.63, 3.8) is 0 Å². The number of fused-ring (bicyclic) bond motifs is 1. The highest BCUT2D eigenvalue weighted by Gasteiger charge is 2.13. The first-order valence-corrected chi connectivity index (χ1v) is 5.34. The molecular formula is C10H12IN. The van der Waals surface area contributed by atoms with Crippen molar-refractivity contribution >= 4 is 22.6 Å². The van der Waals surface area contributed by atoms with Gasteiger partial charge in [0.25, 0.3) is 0 Å². The molecule has 0 aliphatic carbocycles. The summed E-state index contributed by atoms with van der Waals surface area (Å²) in [4.78, 5) is 0. The highest BCUT2D eigenvalue weighted by atomic mass is 127. The Balaban J connectivity index is 2.37. The Hall–Kier alpha value is -0.0900. The molecule has 0 amide bonds. The molecule has 12 heavy (non-hydrogen) atoms. The maximum Gasteiger partial charge on any atom is 0.0210 e. The molecule has 0 spiro atoms. The van der Waals surface area contributed by atoms with Crippen molar-refractivity contribution in [3.8, 4) is 0 Å². The molecule has 2 rings (SSSR count). The minimum atomic E-state index is 0.635. The predicted molar refractivity (Wildman–Crippen MR) is 59.2 cm³/mol. The average molecular weight is 273 g/mol. The normalized spacial score (nSPS) is 22.0. The van der Waals surface area contributed by atoms with E-state index in [1.54, 1.807) is 0 Å². The van der Waals surface area contributed by atoms with Gasteiger partial charge in [-0.25, -0.2) is 0 Å². The fraction of sp³-hybridized carbons (Fsp3) is 0.400. The lowest BCUT2D eigenvalue weighted by Gasteiger charge is -2.23. The molecule has 0 aromatic heterocycles. The lowest BCUT2D eigenvalue weighted by atomic mass is 9.97. The van der Waals surface area contributed by atoms with Crippen molar-refractivity contribution < 1.29 is 0 Å². The fourth-order valence-corrected chi connectivity index (χ4v) is 2.20. The zero-order valence-corrected chi connectivity index (χ0v) is 9.26. The second kappa shape index (κ2) is 3.34. The molecule has 0 radical (unpaired) electrons. The fourth-order valence-electron chi connectivity index (χ4n) is 1.64. The third-order valence-electron chi connectivity index (χ3n) is 2.34. The first-order chi connectivity index (χ1) is 5.75. The van der Waals surface area contributed by atoms with Gasteiger partial charge in [0.1, 0.15) is 0 Å². The lowest BCUT2D eigenvalue weighted by Crippen LogP contribution is -2.32. The van der Waals surface area contributed by atoms with Crippen molar-refractivity contribution in [2.45, 2.75) is 25.9 Å². The zero-order valence-electron chi connectivity index (χ0n) is 7.10. The molecule has 0 fully saturated rings. The van der Waals surface area contributed by atoms with Crippen LogP contribution in [0.3, 0.4) is 0 Å². The Labute approximate surface area is 86.7 Å². The van der Waals surface area contributed by atoms with E-state index < -0.39 is 0 Å². The minimum absolute atomic E-state index is 0.635. The maximum atomic E-state index is 3.46. The van der Waals surface area contributed by atoms with E-state index in [9.17, 15) is 0 Å². The van der Waals surface area contributed by atoms with Gasteiger partial charge in [0.05, 0.1) is 0 Å². The summed E-state index contributed by atoms with van der Waals surface area (Å²) in [5.41, 5.74) is 2.99. The second-order valence-electron chi connectivity index (χ2n) is 3.40. The predicted octanol–water partition coefficient (Wildman–Crippen LogP) is 2.33. The van der Waals surface area contributed by atoms with Crippen molar-refractivity contribution in [1.29, 1.82) is 0 Å². The molecule has 1 aromatic carbocycles. The van der Waals surface area contributed by atoms with Gasteiger partial charge in [-0.3, -0.25) is 0 Å². The topological polar surface area (TPSA) is 12.0 Å². The van der Waals surface area contributed by atoms with Gasteiger partial charge in [-0.05, 0) is 59.2 Å². The van der Waals surface area contributed by atoms with Crippen LogP contribution in [0.25, 0.3) is 0 Å². The van der Waals surface area contributed by atoms with E-state index in [1.165, 1.54) is 21.1 Å². The molecule has 1 nitrogen and oxygen atoms in total. The Bertz CT molecular complexity index is 296. The number of rotatable bonds is 0. The number of nitrogens with one attached hydrogen (secondary N) is 1. The van der Waals surface area contributed by atoms with Gasteiger partial charge in [0.2, 0.25) is 0 Å². The van der Waals surface area contributed by atoms with Gasteiger partial charge >= 0.3 is 0 Å². The average Bonchev–Trinajstić information content (AvgIpc) is 2.03. The van der Waals surface area contributed by atoms with E-state index in [2.05, 4.69) is 53.0 Å². The molecule has 1 aliphatic heterocycles. The molecule has 1 heterocycles. The molecule has 1 aromatic rings. The van der Waals surface area contributed by atoms with Gasteiger partial charge < -0.3 is 5.32 Å². The second-order valence-corrected chi connectivity index (χ2v) is 4.64. The third kappa shape index (κ3) is 1.64. The van der Waals surface area contributed by atoms with E-state index in [4.69, 9.17) is 0 Å². The van der Waals surface area contributed by atoms with Gasteiger partial charge in [-0.15, -0.1) is 0 Å². The van der Waals surface area contributed by atoms with Crippen molar-refractivity contribution in [3.05, 3.63) is 32.9 Å². The molecule has 2 heteroatoms. The molecule has 0 bridgehead atoms. The van der Waals surface area contributed by atoms with Crippen LogP contribution in [0.1, 0.15) is 18.1 Å². The molecule has 1 N–H and O–H groups in total. The summed E-state index contributed by atoms with van der Waals surface area (Å²) in [6, 6.07) is 7.34. The molecule has 0 unspecified atom stereocenters. The van der Waals surface area contributed by atoms with Crippen LogP contribution in [0.5, 0.6) is 0 Å². The van der Waals surface area contributed by atoms with Gasteiger partial charge in [0.15, 0.2) is 0 Å². The van der Waals surface area contributed by atoms with Gasteiger partial charge in [0, 0.05) is 16.2 Å². The molecule has 0 saturated heterocycles. The first-order valence-electron chi connectivity index (χ1n) is 4.26. The van der Waals surface area contributed by atoms with Crippen molar-refractivity contribution in [1.82, 2.24) is 5.32 Å². The maximum absolute atomic E-state index is 3.46. The lowest BCUT2D eigenvalue weighted by molar-refractivity contribution is 0.513. The molecular weight excluding hydrogens is 261 g/mol. The molecule has 1 aliphatic rings. The van der Waals surface area contributed by atoms with E-state index in [1.807, 2.05) is 0 Å². The highest BCUT2D eigenvalue weighted by molar-refractivity contribution is 14.1. The Morgan fingerprint density at radius 2 is 2.25 bits per heavy atom. The van der Waals surface area contributed by atoms with Crippen LogP contribution in [-0.4, -0.2) is 6.04 Å². The SMILES string of the molecule is C[C@H]1Cc2cc(I)ccc2CN1. The minimum Gasteiger partial charge on any atom is -0.310 e. The van der Waals surface area contributed by atoms with E-state index >= 15 is 0 Å².